The number of rotatable bonds is 4. The molecule has 0 unspecified atom stereocenters. The number of carbonyl (C=O) groups excluding carboxylic acids is 2. The Kier molecular flexibility index (Phi) is 6.43. The molecule has 0 aliphatic carbocycles. The van der Waals surface area contributed by atoms with Gasteiger partial charge in [0.2, 0.25) is 5.91 Å². The van der Waals surface area contributed by atoms with E-state index < -0.39 is 0 Å². The Labute approximate surface area is 140 Å². The first-order chi connectivity index (χ1) is 10.6. The van der Waals surface area contributed by atoms with Crippen LogP contribution in [0.25, 0.3) is 0 Å². The van der Waals surface area contributed by atoms with Gasteiger partial charge in [-0.2, -0.15) is 0 Å². The molecular weight excluding hydrogens is 344 g/mol. The second kappa shape index (κ2) is 8.32. The van der Waals surface area contributed by atoms with E-state index in [-0.39, 0.29) is 11.8 Å². The fourth-order valence-corrected chi connectivity index (χ4v) is 3.12. The van der Waals surface area contributed by atoms with E-state index in [2.05, 4.69) is 22.9 Å². The van der Waals surface area contributed by atoms with E-state index in [1.54, 1.807) is 0 Å². The highest BCUT2D eigenvalue weighted by molar-refractivity contribution is 9.10. The maximum atomic E-state index is 12.6. The fraction of sp³-hybridized carbons (Fsp3) is 0.529. The Bertz CT molecular complexity index is 533. The van der Waals surface area contributed by atoms with Gasteiger partial charge in [-0.15, -0.1) is 0 Å². The summed E-state index contributed by atoms with van der Waals surface area (Å²) in [5, 5.41) is 0. The number of halogens is 1. The molecule has 2 rings (SSSR count). The molecule has 1 aromatic rings. The third kappa shape index (κ3) is 4.32. The third-order valence-corrected chi connectivity index (χ3v) is 4.68. The normalized spacial score (nSPS) is 15.5. The van der Waals surface area contributed by atoms with Crippen molar-refractivity contribution in [2.45, 2.75) is 32.6 Å². The predicted molar refractivity (Wildman–Crippen MR) is 90.8 cm³/mol. The number of hydrogen-bond donors (Lipinski definition) is 0. The highest BCUT2D eigenvalue weighted by atomic mass is 79.9. The number of benzene rings is 1. The number of carbonyl (C=O) groups is 2. The Morgan fingerprint density at radius 1 is 1.09 bits per heavy atom. The summed E-state index contributed by atoms with van der Waals surface area (Å²) in [6, 6.07) is 7.49. The van der Waals surface area contributed by atoms with Crippen molar-refractivity contribution in [2.75, 3.05) is 26.2 Å². The zero-order valence-corrected chi connectivity index (χ0v) is 14.6. The van der Waals surface area contributed by atoms with Crippen molar-refractivity contribution in [2.24, 2.45) is 0 Å². The zero-order chi connectivity index (χ0) is 15.9. The van der Waals surface area contributed by atoms with Gasteiger partial charge in [-0.1, -0.05) is 25.5 Å². The van der Waals surface area contributed by atoms with Crippen LogP contribution in [-0.2, 0) is 4.79 Å². The smallest absolute Gasteiger partial charge is 0.255 e. The largest absolute Gasteiger partial charge is 0.341 e. The van der Waals surface area contributed by atoms with Gasteiger partial charge in [-0.05, 0) is 40.9 Å². The molecular formula is C17H23BrN2O2. The van der Waals surface area contributed by atoms with Crippen molar-refractivity contribution >= 4 is 27.7 Å². The summed E-state index contributed by atoms with van der Waals surface area (Å²) in [7, 11) is 0. The number of unbranched alkanes of at least 4 members (excludes halogenated alkanes) is 1. The van der Waals surface area contributed by atoms with Crippen molar-refractivity contribution in [3.05, 3.63) is 34.3 Å². The molecule has 22 heavy (non-hydrogen) atoms. The summed E-state index contributed by atoms with van der Waals surface area (Å²) in [5.41, 5.74) is 0.688. The van der Waals surface area contributed by atoms with Gasteiger partial charge in [-0.25, -0.2) is 0 Å². The van der Waals surface area contributed by atoms with Gasteiger partial charge in [-0.3, -0.25) is 9.59 Å². The average molecular weight is 367 g/mol. The van der Waals surface area contributed by atoms with Crippen molar-refractivity contribution in [1.29, 1.82) is 0 Å². The molecule has 0 N–H and O–H groups in total. The molecule has 0 radical (unpaired) electrons. The van der Waals surface area contributed by atoms with E-state index in [1.165, 1.54) is 0 Å². The van der Waals surface area contributed by atoms with Crippen LogP contribution in [0.1, 0.15) is 43.0 Å². The van der Waals surface area contributed by atoms with E-state index in [1.807, 2.05) is 34.1 Å². The predicted octanol–water partition coefficient (Wildman–Crippen LogP) is 3.31. The number of nitrogens with zero attached hydrogens (tertiary/aromatic N) is 2. The van der Waals surface area contributed by atoms with Crippen molar-refractivity contribution in [3.8, 4) is 0 Å². The van der Waals surface area contributed by atoms with Gasteiger partial charge in [0, 0.05) is 37.1 Å². The molecule has 0 atom stereocenters. The van der Waals surface area contributed by atoms with Gasteiger partial charge in [0.15, 0.2) is 0 Å². The van der Waals surface area contributed by atoms with Crippen LogP contribution < -0.4 is 0 Å². The van der Waals surface area contributed by atoms with Crippen molar-refractivity contribution in [1.82, 2.24) is 9.80 Å². The highest BCUT2D eigenvalue weighted by Gasteiger charge is 2.23. The Morgan fingerprint density at radius 2 is 1.77 bits per heavy atom. The molecule has 2 amide bonds. The molecule has 0 bridgehead atoms. The van der Waals surface area contributed by atoms with Crippen LogP contribution in [0, 0.1) is 0 Å². The Morgan fingerprint density at radius 3 is 2.50 bits per heavy atom. The van der Waals surface area contributed by atoms with E-state index in [0.717, 1.165) is 30.3 Å². The minimum absolute atomic E-state index is 0.0373. The lowest BCUT2D eigenvalue weighted by molar-refractivity contribution is -0.131. The first-order valence-electron chi connectivity index (χ1n) is 7.95. The van der Waals surface area contributed by atoms with Gasteiger partial charge in [0.25, 0.3) is 5.91 Å². The van der Waals surface area contributed by atoms with Crippen LogP contribution in [0.4, 0.5) is 0 Å². The van der Waals surface area contributed by atoms with Crippen LogP contribution in [0.2, 0.25) is 0 Å². The highest BCUT2D eigenvalue weighted by Crippen LogP contribution is 2.19. The zero-order valence-electron chi connectivity index (χ0n) is 13.1. The van der Waals surface area contributed by atoms with Crippen LogP contribution in [0.5, 0.6) is 0 Å². The topological polar surface area (TPSA) is 40.6 Å². The molecule has 1 heterocycles. The molecule has 0 saturated carbocycles. The van der Waals surface area contributed by atoms with Gasteiger partial charge in [0.1, 0.15) is 0 Å². The molecule has 1 aliphatic heterocycles. The summed E-state index contributed by atoms with van der Waals surface area (Å²) in [6.45, 7) is 4.80. The van der Waals surface area contributed by atoms with E-state index in [4.69, 9.17) is 0 Å². The van der Waals surface area contributed by atoms with Crippen molar-refractivity contribution < 1.29 is 9.59 Å². The molecule has 1 saturated heterocycles. The SMILES string of the molecule is CCCCC(=O)N1CCCN(C(=O)c2ccccc2Br)CC1. The average Bonchev–Trinajstić information content (AvgIpc) is 2.78. The van der Waals surface area contributed by atoms with Crippen LogP contribution in [0.15, 0.2) is 28.7 Å². The molecule has 120 valence electrons. The quantitative estimate of drug-likeness (QED) is 0.819. The lowest BCUT2D eigenvalue weighted by atomic mass is 10.2. The minimum Gasteiger partial charge on any atom is -0.341 e. The van der Waals surface area contributed by atoms with Crippen LogP contribution in [0.3, 0.4) is 0 Å². The maximum Gasteiger partial charge on any atom is 0.255 e. The number of amides is 2. The fourth-order valence-electron chi connectivity index (χ4n) is 2.66. The van der Waals surface area contributed by atoms with E-state index in [0.29, 0.717) is 31.6 Å². The first kappa shape index (κ1) is 17.0. The minimum atomic E-state index is 0.0373. The monoisotopic (exact) mass is 366 g/mol. The van der Waals surface area contributed by atoms with E-state index in [9.17, 15) is 9.59 Å². The molecule has 1 fully saturated rings. The molecule has 1 aliphatic rings. The molecule has 0 spiro atoms. The summed E-state index contributed by atoms with van der Waals surface area (Å²) in [4.78, 5) is 28.5. The molecule has 4 nitrogen and oxygen atoms in total. The standard InChI is InChI=1S/C17H23BrN2O2/c1-2-3-9-16(21)19-10-6-11-20(13-12-19)17(22)14-7-4-5-8-15(14)18/h4-5,7-8H,2-3,6,9-13H2,1H3. The van der Waals surface area contributed by atoms with Gasteiger partial charge < -0.3 is 9.80 Å². The Hall–Kier alpha value is -1.36. The van der Waals surface area contributed by atoms with Crippen LogP contribution in [-0.4, -0.2) is 47.8 Å². The summed E-state index contributed by atoms with van der Waals surface area (Å²) >= 11 is 3.43. The van der Waals surface area contributed by atoms with Crippen LogP contribution >= 0.6 is 15.9 Å². The second-order valence-corrected chi connectivity index (χ2v) is 6.46. The third-order valence-electron chi connectivity index (χ3n) is 3.98. The van der Waals surface area contributed by atoms with Crippen molar-refractivity contribution in [3.63, 3.8) is 0 Å². The summed E-state index contributed by atoms with van der Waals surface area (Å²) < 4.78 is 0.820. The van der Waals surface area contributed by atoms with E-state index >= 15 is 0 Å². The van der Waals surface area contributed by atoms with Gasteiger partial charge in [0.05, 0.1) is 5.56 Å². The second-order valence-electron chi connectivity index (χ2n) is 5.61. The number of hydrogen-bond acceptors (Lipinski definition) is 2. The summed E-state index contributed by atoms with van der Waals surface area (Å²) in [6.07, 6.45) is 3.43. The first-order valence-corrected chi connectivity index (χ1v) is 8.74. The molecule has 0 aromatic heterocycles. The maximum absolute atomic E-state index is 12.6. The molecule has 5 heteroatoms. The van der Waals surface area contributed by atoms with Gasteiger partial charge >= 0.3 is 0 Å². The lowest BCUT2D eigenvalue weighted by Gasteiger charge is -2.22. The summed E-state index contributed by atoms with van der Waals surface area (Å²) in [5.74, 6) is 0.257. The lowest BCUT2D eigenvalue weighted by Crippen LogP contribution is -2.37. The Balaban J connectivity index is 1.97. The molecule has 1 aromatic carbocycles.